The second-order valence-electron chi connectivity index (χ2n) is 4.77. The molecule has 2 N–H and O–H groups in total. The molecule has 0 aliphatic carbocycles. The first-order chi connectivity index (χ1) is 10.1. The maximum absolute atomic E-state index is 14.1. The molecular formula is C16H14FN3O. The third-order valence-electron chi connectivity index (χ3n) is 3.30. The first-order valence-corrected chi connectivity index (χ1v) is 6.47. The van der Waals surface area contributed by atoms with E-state index in [0.29, 0.717) is 17.1 Å². The average Bonchev–Trinajstić information content (AvgIpc) is 2.47. The Hall–Kier alpha value is -2.69. The van der Waals surface area contributed by atoms with Crippen molar-refractivity contribution < 1.29 is 9.13 Å². The number of aryl methyl sites for hydroxylation is 1. The molecule has 0 atom stereocenters. The molecule has 106 valence electrons. The largest absolute Gasteiger partial charge is 0.496 e. The Labute approximate surface area is 121 Å². The highest BCUT2D eigenvalue weighted by Gasteiger charge is 2.16. The number of aromatic nitrogens is 2. The third kappa shape index (κ3) is 2.27. The number of ether oxygens (including phenoxy) is 1. The van der Waals surface area contributed by atoms with Crippen LogP contribution in [0, 0.1) is 12.7 Å². The molecule has 21 heavy (non-hydrogen) atoms. The summed E-state index contributed by atoms with van der Waals surface area (Å²) in [6.45, 7) is 1.96. The van der Waals surface area contributed by atoms with Gasteiger partial charge in [0.05, 0.1) is 18.2 Å². The Morgan fingerprint density at radius 2 is 1.95 bits per heavy atom. The lowest BCUT2D eigenvalue weighted by atomic mass is 10.1. The van der Waals surface area contributed by atoms with E-state index in [2.05, 4.69) is 9.97 Å². The van der Waals surface area contributed by atoms with Gasteiger partial charge in [0, 0.05) is 5.39 Å². The van der Waals surface area contributed by atoms with Gasteiger partial charge in [-0.25, -0.2) is 14.4 Å². The molecule has 3 rings (SSSR count). The fraction of sp³-hybridized carbons (Fsp3) is 0.125. The van der Waals surface area contributed by atoms with Gasteiger partial charge in [-0.1, -0.05) is 17.7 Å². The zero-order valence-corrected chi connectivity index (χ0v) is 11.7. The second kappa shape index (κ2) is 5.01. The lowest BCUT2D eigenvalue weighted by Gasteiger charge is -2.10. The Morgan fingerprint density at radius 3 is 2.71 bits per heavy atom. The highest BCUT2D eigenvalue weighted by atomic mass is 19.1. The molecular weight excluding hydrogens is 269 g/mol. The van der Waals surface area contributed by atoms with Crippen LogP contribution < -0.4 is 10.5 Å². The van der Waals surface area contributed by atoms with Gasteiger partial charge in [0.1, 0.15) is 17.4 Å². The Morgan fingerprint density at radius 1 is 1.14 bits per heavy atom. The fourth-order valence-electron chi connectivity index (χ4n) is 2.27. The molecule has 0 fully saturated rings. The molecule has 0 aliphatic rings. The molecule has 5 heteroatoms. The van der Waals surface area contributed by atoms with Crippen LogP contribution in [0.5, 0.6) is 5.75 Å². The number of halogens is 1. The summed E-state index contributed by atoms with van der Waals surface area (Å²) in [6, 6.07) is 10.3. The van der Waals surface area contributed by atoms with Crippen molar-refractivity contribution in [1.82, 2.24) is 9.97 Å². The summed E-state index contributed by atoms with van der Waals surface area (Å²) in [5.41, 5.74) is 7.95. The van der Waals surface area contributed by atoms with E-state index in [4.69, 9.17) is 10.5 Å². The van der Waals surface area contributed by atoms with Crippen molar-refractivity contribution in [2.24, 2.45) is 0 Å². The van der Waals surface area contributed by atoms with Gasteiger partial charge in [-0.05, 0) is 31.2 Å². The van der Waals surface area contributed by atoms with Crippen LogP contribution in [0.1, 0.15) is 5.56 Å². The highest BCUT2D eigenvalue weighted by molar-refractivity contribution is 5.90. The van der Waals surface area contributed by atoms with Crippen molar-refractivity contribution >= 4 is 16.7 Å². The number of benzene rings is 2. The van der Waals surface area contributed by atoms with E-state index in [9.17, 15) is 4.39 Å². The van der Waals surface area contributed by atoms with Gasteiger partial charge in [-0.2, -0.15) is 0 Å². The predicted octanol–water partition coefficient (Wildman–Crippen LogP) is 3.34. The Bertz CT molecular complexity index is 833. The highest BCUT2D eigenvalue weighted by Crippen LogP contribution is 2.32. The van der Waals surface area contributed by atoms with Crippen LogP contribution in [0.2, 0.25) is 0 Å². The minimum Gasteiger partial charge on any atom is -0.496 e. The molecule has 0 bridgehead atoms. The number of fused-ring (bicyclic) bond motifs is 1. The van der Waals surface area contributed by atoms with Crippen molar-refractivity contribution in [3.63, 3.8) is 0 Å². The zero-order chi connectivity index (χ0) is 15.0. The maximum atomic E-state index is 14.1. The molecule has 1 aromatic heterocycles. The average molecular weight is 283 g/mol. The third-order valence-corrected chi connectivity index (χ3v) is 3.30. The molecule has 0 spiro atoms. The minimum atomic E-state index is -0.444. The van der Waals surface area contributed by atoms with Gasteiger partial charge in [-0.15, -0.1) is 0 Å². The SMILES string of the molecule is COc1cccc(F)c1-c1nc(N)c2cc(C)ccc2n1. The molecule has 1 heterocycles. The van der Waals surface area contributed by atoms with Crippen LogP contribution in [-0.2, 0) is 0 Å². The van der Waals surface area contributed by atoms with Gasteiger partial charge in [0.15, 0.2) is 5.82 Å². The zero-order valence-electron chi connectivity index (χ0n) is 11.7. The van der Waals surface area contributed by atoms with Crippen LogP contribution in [0.4, 0.5) is 10.2 Å². The number of hydrogen-bond donors (Lipinski definition) is 1. The van der Waals surface area contributed by atoms with Crippen molar-refractivity contribution in [2.45, 2.75) is 6.92 Å². The van der Waals surface area contributed by atoms with E-state index in [1.165, 1.54) is 13.2 Å². The fourth-order valence-corrected chi connectivity index (χ4v) is 2.27. The summed E-state index contributed by atoms with van der Waals surface area (Å²) in [5, 5.41) is 0.758. The summed E-state index contributed by atoms with van der Waals surface area (Å²) in [6.07, 6.45) is 0. The summed E-state index contributed by atoms with van der Waals surface area (Å²) in [7, 11) is 1.48. The van der Waals surface area contributed by atoms with E-state index in [-0.39, 0.29) is 11.4 Å². The van der Waals surface area contributed by atoms with Gasteiger partial charge < -0.3 is 10.5 Å². The molecule has 4 nitrogen and oxygen atoms in total. The van der Waals surface area contributed by atoms with Crippen molar-refractivity contribution in [3.05, 3.63) is 47.8 Å². The molecule has 0 saturated heterocycles. The number of nitrogens with zero attached hydrogens (tertiary/aromatic N) is 2. The van der Waals surface area contributed by atoms with Gasteiger partial charge >= 0.3 is 0 Å². The van der Waals surface area contributed by atoms with E-state index < -0.39 is 5.82 Å². The quantitative estimate of drug-likeness (QED) is 0.783. The molecule has 0 amide bonds. The lowest BCUT2D eigenvalue weighted by Crippen LogP contribution is -2.01. The van der Waals surface area contributed by atoms with E-state index in [1.807, 2.05) is 25.1 Å². The number of hydrogen-bond acceptors (Lipinski definition) is 4. The second-order valence-corrected chi connectivity index (χ2v) is 4.77. The van der Waals surface area contributed by atoms with Crippen molar-refractivity contribution in [1.29, 1.82) is 0 Å². The number of anilines is 1. The smallest absolute Gasteiger partial charge is 0.168 e. The van der Waals surface area contributed by atoms with E-state index in [1.54, 1.807) is 12.1 Å². The first kappa shape index (κ1) is 13.3. The molecule has 0 aliphatic heterocycles. The van der Waals surface area contributed by atoms with Gasteiger partial charge in [0.2, 0.25) is 0 Å². The molecule has 0 radical (unpaired) electrons. The summed E-state index contributed by atoms with van der Waals surface area (Å²) in [5.74, 6) is 0.476. The van der Waals surface area contributed by atoms with Crippen LogP contribution in [0.3, 0.4) is 0 Å². The summed E-state index contributed by atoms with van der Waals surface area (Å²) in [4.78, 5) is 8.63. The monoisotopic (exact) mass is 283 g/mol. The van der Waals surface area contributed by atoms with Crippen LogP contribution >= 0.6 is 0 Å². The van der Waals surface area contributed by atoms with E-state index in [0.717, 1.165) is 10.9 Å². The molecule has 2 aromatic carbocycles. The number of nitrogen functional groups attached to an aromatic ring is 1. The topological polar surface area (TPSA) is 61.0 Å². The minimum absolute atomic E-state index is 0.217. The van der Waals surface area contributed by atoms with Crippen LogP contribution in [-0.4, -0.2) is 17.1 Å². The molecule has 3 aromatic rings. The summed E-state index contributed by atoms with van der Waals surface area (Å²) >= 11 is 0. The van der Waals surface area contributed by atoms with Crippen molar-refractivity contribution in [3.8, 4) is 17.1 Å². The standard InChI is InChI=1S/C16H14FN3O/c1-9-6-7-12-10(8-9)15(18)20-16(19-12)14-11(17)4-3-5-13(14)21-2/h3-8H,1-2H3,(H2,18,19,20). The number of nitrogens with two attached hydrogens (primary N) is 1. The van der Waals surface area contributed by atoms with E-state index >= 15 is 0 Å². The summed E-state index contributed by atoms with van der Waals surface area (Å²) < 4.78 is 19.3. The Kier molecular flexibility index (Phi) is 3.17. The van der Waals surface area contributed by atoms with Gasteiger partial charge in [-0.3, -0.25) is 0 Å². The predicted molar refractivity (Wildman–Crippen MR) is 80.6 cm³/mol. The van der Waals surface area contributed by atoms with Crippen molar-refractivity contribution in [2.75, 3.05) is 12.8 Å². The normalized spacial score (nSPS) is 10.8. The Balaban J connectivity index is 2.29. The van der Waals surface area contributed by atoms with Gasteiger partial charge in [0.25, 0.3) is 0 Å². The first-order valence-electron chi connectivity index (χ1n) is 6.47. The number of rotatable bonds is 2. The molecule has 0 unspecified atom stereocenters. The van der Waals surface area contributed by atoms with Crippen LogP contribution in [0.25, 0.3) is 22.3 Å². The maximum Gasteiger partial charge on any atom is 0.168 e. The van der Waals surface area contributed by atoms with Crippen LogP contribution in [0.15, 0.2) is 36.4 Å². The number of methoxy groups -OCH3 is 1. The lowest BCUT2D eigenvalue weighted by molar-refractivity contribution is 0.413. The molecule has 0 saturated carbocycles.